The van der Waals surface area contributed by atoms with E-state index < -0.39 is 18.3 Å². The first-order valence-electron chi connectivity index (χ1n) is 5.89. The molecule has 105 valence electrons. The van der Waals surface area contributed by atoms with Gasteiger partial charge in [-0.15, -0.1) is 24.7 Å². The minimum Gasteiger partial charge on any atom is -0.852 e. The van der Waals surface area contributed by atoms with Crippen molar-refractivity contribution in [1.82, 2.24) is 0 Å². The summed E-state index contributed by atoms with van der Waals surface area (Å²) in [5.74, 6) is 0. The molecular formula is C14H26O3V. The zero-order valence-electron chi connectivity index (χ0n) is 12.3. The van der Waals surface area contributed by atoms with Crippen LogP contribution in [0.25, 0.3) is 0 Å². The van der Waals surface area contributed by atoms with E-state index in [0.29, 0.717) is 0 Å². The molecule has 0 heterocycles. The predicted molar refractivity (Wildman–Crippen MR) is 67.0 cm³/mol. The number of hydrogen-bond acceptors (Lipinski definition) is 3. The van der Waals surface area contributed by atoms with Crippen molar-refractivity contribution in [3.63, 3.8) is 0 Å². The molecule has 0 spiro atoms. The Morgan fingerprint density at radius 1 is 0.833 bits per heavy atom. The summed E-state index contributed by atoms with van der Waals surface area (Å²) in [6.07, 6.45) is 8.75. The second-order valence-corrected chi connectivity index (χ2v) is 4.15. The van der Waals surface area contributed by atoms with Gasteiger partial charge in [-0.05, 0) is 0 Å². The fraction of sp³-hybridized carbons (Fsp3) is 0.714. The van der Waals surface area contributed by atoms with Gasteiger partial charge in [-0.2, -0.15) is 6.08 Å². The van der Waals surface area contributed by atoms with Gasteiger partial charge in [-0.3, -0.25) is 6.08 Å². The molecule has 0 saturated heterocycles. The van der Waals surface area contributed by atoms with Crippen LogP contribution in [0.15, 0.2) is 18.2 Å². The van der Waals surface area contributed by atoms with E-state index in [9.17, 15) is 15.3 Å². The van der Waals surface area contributed by atoms with Gasteiger partial charge in [-0.25, -0.2) is 12.2 Å². The summed E-state index contributed by atoms with van der Waals surface area (Å²) in [4.78, 5) is 0. The van der Waals surface area contributed by atoms with Gasteiger partial charge in [0.15, 0.2) is 0 Å². The smallest absolute Gasteiger partial charge is 0.852 e. The Bertz CT molecular complexity index is 143. The van der Waals surface area contributed by atoms with Crippen LogP contribution in [0, 0.1) is 6.08 Å². The van der Waals surface area contributed by atoms with Crippen molar-refractivity contribution < 1.29 is 33.9 Å². The van der Waals surface area contributed by atoms with Crippen molar-refractivity contribution >= 4 is 0 Å². The monoisotopic (exact) mass is 293 g/mol. The molecule has 0 amide bonds. The first-order chi connectivity index (χ1) is 7.70. The zero-order chi connectivity index (χ0) is 14.3. The van der Waals surface area contributed by atoms with Crippen LogP contribution in [0.1, 0.15) is 48.0 Å². The van der Waals surface area contributed by atoms with Crippen LogP contribution in [0.4, 0.5) is 0 Å². The molecule has 0 aromatic heterocycles. The van der Waals surface area contributed by atoms with Gasteiger partial charge in [0.2, 0.25) is 0 Å². The molecule has 0 fully saturated rings. The summed E-state index contributed by atoms with van der Waals surface area (Å²) >= 11 is 0. The molecule has 0 N–H and O–H groups in total. The second kappa shape index (κ2) is 22.2. The molecule has 0 saturated carbocycles. The van der Waals surface area contributed by atoms with Gasteiger partial charge in [0.25, 0.3) is 0 Å². The van der Waals surface area contributed by atoms with E-state index in [4.69, 9.17) is 0 Å². The van der Waals surface area contributed by atoms with Crippen molar-refractivity contribution in [3.8, 4) is 0 Å². The fourth-order valence-electron chi connectivity index (χ4n) is 0.340. The van der Waals surface area contributed by atoms with Crippen molar-refractivity contribution in [1.29, 1.82) is 0 Å². The van der Waals surface area contributed by atoms with Crippen LogP contribution in [-0.4, -0.2) is 18.3 Å². The number of allylic oxidation sites excluding steroid dienone is 4. The molecule has 0 bridgehead atoms. The maximum absolute atomic E-state index is 9.53. The van der Waals surface area contributed by atoms with E-state index in [-0.39, 0.29) is 18.6 Å². The van der Waals surface area contributed by atoms with Gasteiger partial charge in [-0.1, -0.05) is 41.5 Å². The molecule has 0 aromatic carbocycles. The van der Waals surface area contributed by atoms with Crippen LogP contribution in [-0.2, 0) is 18.6 Å². The van der Waals surface area contributed by atoms with Gasteiger partial charge in [0, 0.05) is 0 Å². The Morgan fingerprint density at radius 3 is 1.17 bits per heavy atom. The molecule has 1 aliphatic carbocycles. The summed E-state index contributed by atoms with van der Waals surface area (Å²) in [6.45, 7) is 9.67. The number of hydrogen-bond donors (Lipinski definition) is 0. The minimum absolute atomic E-state index is 0. The van der Waals surface area contributed by atoms with Crippen LogP contribution in [0.3, 0.4) is 0 Å². The zero-order valence-corrected chi connectivity index (χ0v) is 13.7. The second-order valence-electron chi connectivity index (χ2n) is 4.15. The minimum atomic E-state index is -0.417. The molecule has 0 aliphatic heterocycles. The summed E-state index contributed by atoms with van der Waals surface area (Å²) in [5.41, 5.74) is 0. The van der Waals surface area contributed by atoms with Crippen LogP contribution < -0.4 is 15.3 Å². The summed E-state index contributed by atoms with van der Waals surface area (Å²) in [7, 11) is 0. The van der Waals surface area contributed by atoms with Gasteiger partial charge >= 0.3 is 18.6 Å². The van der Waals surface area contributed by atoms with E-state index in [1.54, 1.807) is 41.5 Å². The Hall–Kier alpha value is -0.0556. The largest absolute Gasteiger partial charge is 4.00 e. The third-order valence-corrected chi connectivity index (χ3v) is 0.586. The van der Waals surface area contributed by atoms with E-state index in [0.717, 1.165) is 6.42 Å². The maximum atomic E-state index is 9.53. The average Bonchev–Trinajstić information content (AvgIpc) is 2.53. The molecule has 18 heavy (non-hydrogen) atoms. The average molecular weight is 293 g/mol. The van der Waals surface area contributed by atoms with E-state index in [1.165, 1.54) is 0 Å². The first kappa shape index (κ1) is 26.5. The molecule has 0 aromatic rings. The number of rotatable bonds is 0. The molecule has 1 rings (SSSR count). The Kier molecular flexibility index (Phi) is 32.6. The van der Waals surface area contributed by atoms with Crippen molar-refractivity contribution in [2.75, 3.05) is 0 Å². The molecule has 1 radical (unpaired) electrons. The van der Waals surface area contributed by atoms with Crippen LogP contribution in [0.2, 0.25) is 0 Å². The molecule has 1 aliphatic rings. The summed E-state index contributed by atoms with van der Waals surface area (Å²) in [5, 5.41) is 28.6. The maximum Gasteiger partial charge on any atom is 4.00 e. The third kappa shape index (κ3) is 146. The van der Waals surface area contributed by atoms with Gasteiger partial charge < -0.3 is 15.3 Å². The van der Waals surface area contributed by atoms with E-state index in [1.807, 2.05) is 12.2 Å². The SMILES string of the molecule is CC(C)[O-].CC(C)[O-].CC(C)[O-].[C-]1=CC=CC1.[V+4]. The van der Waals surface area contributed by atoms with E-state index in [2.05, 4.69) is 12.2 Å². The first-order valence-corrected chi connectivity index (χ1v) is 5.89. The quantitative estimate of drug-likeness (QED) is 0.613. The topological polar surface area (TPSA) is 69.2 Å². The van der Waals surface area contributed by atoms with Crippen LogP contribution >= 0.6 is 0 Å². The van der Waals surface area contributed by atoms with Crippen molar-refractivity contribution in [2.45, 2.75) is 66.3 Å². The fourth-order valence-corrected chi connectivity index (χ4v) is 0.340. The summed E-state index contributed by atoms with van der Waals surface area (Å²) < 4.78 is 0. The Morgan fingerprint density at radius 2 is 1.11 bits per heavy atom. The molecular weight excluding hydrogens is 267 g/mol. The summed E-state index contributed by atoms with van der Waals surface area (Å²) in [6, 6.07) is 0. The molecule has 3 nitrogen and oxygen atoms in total. The Labute approximate surface area is 125 Å². The third-order valence-electron chi connectivity index (χ3n) is 0.586. The van der Waals surface area contributed by atoms with Crippen molar-refractivity contribution in [2.24, 2.45) is 0 Å². The predicted octanol–water partition coefficient (Wildman–Crippen LogP) is 0.568. The van der Waals surface area contributed by atoms with Crippen molar-refractivity contribution in [3.05, 3.63) is 24.3 Å². The Balaban J connectivity index is -0.0000000719. The van der Waals surface area contributed by atoms with Crippen LogP contribution in [0.5, 0.6) is 0 Å². The molecule has 4 heteroatoms. The van der Waals surface area contributed by atoms with E-state index >= 15 is 0 Å². The van der Waals surface area contributed by atoms with Gasteiger partial charge in [0.05, 0.1) is 0 Å². The van der Waals surface area contributed by atoms with Gasteiger partial charge in [0.1, 0.15) is 0 Å². The standard InChI is InChI=1S/C5H5.3C3H7O.V/c1-2-4-5-3-1;3*1-3(2)4;/h1-3H,4H2;3*3H,1-2H3;/q4*-1;+4. The normalized spacial score (nSPS) is 10.9. The molecule has 0 atom stereocenters. The molecule has 0 unspecified atom stereocenters.